The maximum absolute atomic E-state index is 12.4. The minimum atomic E-state index is -3.99. The number of benzene rings is 1. The quantitative estimate of drug-likeness (QED) is 0.894. The van der Waals surface area contributed by atoms with Gasteiger partial charge >= 0.3 is 0 Å². The summed E-state index contributed by atoms with van der Waals surface area (Å²) in [5.74, 6) is -0.274. The fraction of sp³-hybridized carbons (Fsp3) is 0.455. The molecule has 0 aromatic heterocycles. The van der Waals surface area contributed by atoms with Crippen LogP contribution in [0.4, 0.5) is 0 Å². The summed E-state index contributed by atoms with van der Waals surface area (Å²) < 4.78 is 50.2. The third kappa shape index (κ3) is 3.28. The first-order valence-corrected chi connectivity index (χ1v) is 9.79. The van der Waals surface area contributed by atoms with E-state index in [4.69, 9.17) is 23.2 Å². The fourth-order valence-electron chi connectivity index (χ4n) is 2.21. The lowest BCUT2D eigenvalue weighted by atomic mass is 10.0. The van der Waals surface area contributed by atoms with Gasteiger partial charge in [-0.15, -0.1) is 0 Å². The van der Waals surface area contributed by atoms with Crippen LogP contribution in [0.1, 0.15) is 13.3 Å². The zero-order chi connectivity index (χ0) is 15.2. The Balaban J connectivity index is 2.38. The van der Waals surface area contributed by atoms with Crippen molar-refractivity contribution in [3.63, 3.8) is 0 Å². The molecule has 1 fully saturated rings. The summed E-state index contributed by atoms with van der Waals surface area (Å²) in [6.45, 7) is 1.56. The predicted octanol–water partition coefficient (Wildman–Crippen LogP) is 1.85. The van der Waals surface area contributed by atoms with Crippen LogP contribution < -0.4 is 4.72 Å². The molecular weight excluding hydrogens is 345 g/mol. The number of hydrogen-bond donors (Lipinski definition) is 1. The second kappa shape index (κ2) is 5.14. The first-order valence-electron chi connectivity index (χ1n) is 5.73. The summed E-state index contributed by atoms with van der Waals surface area (Å²) >= 11 is 11.8. The fourth-order valence-corrected chi connectivity index (χ4v) is 6.97. The lowest BCUT2D eigenvalue weighted by Gasteiger charge is -2.24. The highest BCUT2D eigenvalue weighted by atomic mass is 35.5. The van der Waals surface area contributed by atoms with Gasteiger partial charge in [0.2, 0.25) is 10.0 Å². The Hall–Kier alpha value is -0.340. The van der Waals surface area contributed by atoms with Gasteiger partial charge in [-0.05, 0) is 25.5 Å². The van der Waals surface area contributed by atoms with Crippen molar-refractivity contribution in [1.29, 1.82) is 0 Å². The van der Waals surface area contributed by atoms with Gasteiger partial charge in [0.05, 0.1) is 21.6 Å². The van der Waals surface area contributed by atoms with E-state index in [1.165, 1.54) is 18.2 Å². The Morgan fingerprint density at radius 1 is 1.25 bits per heavy atom. The van der Waals surface area contributed by atoms with Gasteiger partial charge in [-0.3, -0.25) is 0 Å². The van der Waals surface area contributed by atoms with Crippen LogP contribution in [0.15, 0.2) is 23.1 Å². The summed E-state index contributed by atoms with van der Waals surface area (Å²) in [5.41, 5.74) is -1.04. The Bertz CT molecular complexity index is 725. The maximum atomic E-state index is 12.4. The normalized spacial score (nSPS) is 25.8. The van der Waals surface area contributed by atoms with Crippen molar-refractivity contribution in [2.45, 2.75) is 23.8 Å². The molecule has 2 rings (SSSR count). The van der Waals surface area contributed by atoms with Crippen LogP contribution >= 0.6 is 23.2 Å². The lowest BCUT2D eigenvalue weighted by molar-refractivity contribution is 0.462. The molecule has 1 aliphatic heterocycles. The smallest absolute Gasteiger partial charge is 0.229 e. The molecule has 1 heterocycles. The minimum Gasteiger partial charge on any atom is -0.229 e. The number of nitrogens with one attached hydrogen (secondary N) is 1. The molecule has 1 atom stereocenters. The summed E-state index contributed by atoms with van der Waals surface area (Å²) in [5, 5.41) is -0.0103. The van der Waals surface area contributed by atoms with Crippen molar-refractivity contribution in [3.05, 3.63) is 28.2 Å². The van der Waals surface area contributed by atoms with Crippen LogP contribution in [0.2, 0.25) is 10.0 Å². The van der Waals surface area contributed by atoms with Gasteiger partial charge in [0.15, 0.2) is 9.84 Å². The van der Waals surface area contributed by atoms with Gasteiger partial charge in [-0.25, -0.2) is 21.6 Å². The molecule has 112 valence electrons. The van der Waals surface area contributed by atoms with Crippen LogP contribution in [0.25, 0.3) is 0 Å². The van der Waals surface area contributed by atoms with E-state index in [0.29, 0.717) is 0 Å². The van der Waals surface area contributed by atoms with E-state index in [1.54, 1.807) is 6.92 Å². The molecule has 0 amide bonds. The first-order chi connectivity index (χ1) is 9.05. The van der Waals surface area contributed by atoms with Gasteiger partial charge in [-0.2, -0.15) is 0 Å². The number of hydrogen-bond acceptors (Lipinski definition) is 4. The number of halogens is 2. The lowest BCUT2D eigenvalue weighted by Crippen LogP contribution is -2.46. The SMILES string of the molecule is C[C@]1(NS(=O)(=O)c2c(Cl)cccc2Cl)CCS(=O)(=O)C1. The highest BCUT2D eigenvalue weighted by Crippen LogP contribution is 2.31. The third-order valence-corrected chi connectivity index (χ3v) is 7.57. The molecule has 1 aliphatic rings. The molecule has 0 bridgehead atoms. The molecule has 1 N–H and O–H groups in total. The third-order valence-electron chi connectivity index (χ3n) is 3.07. The monoisotopic (exact) mass is 357 g/mol. The molecule has 20 heavy (non-hydrogen) atoms. The molecule has 0 aliphatic carbocycles. The van der Waals surface area contributed by atoms with Crippen molar-refractivity contribution >= 4 is 43.1 Å². The standard InChI is InChI=1S/C11H13Cl2NO4S2/c1-11(5-6-19(15,16)7-11)14-20(17,18)10-8(12)3-2-4-9(10)13/h2-4,14H,5-7H2,1H3/t11-/m0/s1. The Kier molecular flexibility index (Phi) is 4.12. The van der Waals surface area contributed by atoms with Crippen LogP contribution in [0.5, 0.6) is 0 Å². The Labute approximate surface area is 128 Å². The van der Waals surface area contributed by atoms with Crippen molar-refractivity contribution in [3.8, 4) is 0 Å². The van der Waals surface area contributed by atoms with Crippen LogP contribution in [0, 0.1) is 0 Å². The van der Waals surface area contributed by atoms with Crippen LogP contribution in [-0.2, 0) is 19.9 Å². The highest BCUT2D eigenvalue weighted by molar-refractivity contribution is 7.92. The molecule has 0 spiro atoms. The summed E-state index contributed by atoms with van der Waals surface area (Å²) in [4.78, 5) is -0.228. The van der Waals surface area contributed by atoms with Gasteiger partial charge < -0.3 is 0 Å². The van der Waals surface area contributed by atoms with Gasteiger partial charge in [0, 0.05) is 5.54 Å². The number of sulfone groups is 1. The van der Waals surface area contributed by atoms with Crippen LogP contribution in [0.3, 0.4) is 0 Å². The molecule has 1 saturated heterocycles. The average molecular weight is 358 g/mol. The van der Waals surface area contributed by atoms with Crippen LogP contribution in [-0.4, -0.2) is 33.9 Å². The van der Waals surface area contributed by atoms with E-state index in [1.807, 2.05) is 0 Å². The van der Waals surface area contributed by atoms with E-state index in [2.05, 4.69) is 4.72 Å². The molecule has 9 heteroatoms. The predicted molar refractivity (Wildman–Crippen MR) is 78.5 cm³/mol. The largest absolute Gasteiger partial charge is 0.244 e. The van der Waals surface area contributed by atoms with Crippen molar-refractivity contribution in [2.24, 2.45) is 0 Å². The topological polar surface area (TPSA) is 80.3 Å². The molecule has 0 unspecified atom stereocenters. The summed E-state index contributed by atoms with van der Waals surface area (Å²) in [7, 11) is -7.21. The molecular formula is C11H13Cl2NO4S2. The molecule has 5 nitrogen and oxygen atoms in total. The second-order valence-electron chi connectivity index (χ2n) is 5.06. The van der Waals surface area contributed by atoms with Crippen molar-refractivity contribution in [1.82, 2.24) is 4.72 Å². The Morgan fingerprint density at radius 3 is 2.25 bits per heavy atom. The van der Waals surface area contributed by atoms with E-state index < -0.39 is 25.4 Å². The number of sulfonamides is 1. The zero-order valence-electron chi connectivity index (χ0n) is 10.6. The minimum absolute atomic E-state index is 0.00514. The Morgan fingerprint density at radius 2 is 1.80 bits per heavy atom. The molecule has 1 aromatic rings. The summed E-state index contributed by atoms with van der Waals surface area (Å²) in [6, 6.07) is 4.36. The van der Waals surface area contributed by atoms with E-state index in [-0.39, 0.29) is 32.9 Å². The zero-order valence-corrected chi connectivity index (χ0v) is 13.7. The van der Waals surface area contributed by atoms with Gasteiger partial charge in [-0.1, -0.05) is 29.3 Å². The van der Waals surface area contributed by atoms with Gasteiger partial charge in [0.25, 0.3) is 0 Å². The first kappa shape index (κ1) is 16.0. The van der Waals surface area contributed by atoms with Gasteiger partial charge in [0.1, 0.15) is 4.90 Å². The molecule has 0 saturated carbocycles. The average Bonchev–Trinajstić information content (AvgIpc) is 2.50. The second-order valence-corrected chi connectivity index (χ2v) is 9.68. The number of rotatable bonds is 3. The van der Waals surface area contributed by atoms with Crippen molar-refractivity contribution in [2.75, 3.05) is 11.5 Å². The van der Waals surface area contributed by atoms with Crippen molar-refractivity contribution < 1.29 is 16.8 Å². The van der Waals surface area contributed by atoms with E-state index in [9.17, 15) is 16.8 Å². The van der Waals surface area contributed by atoms with E-state index in [0.717, 1.165) is 0 Å². The maximum Gasteiger partial charge on any atom is 0.244 e. The summed E-state index contributed by atoms with van der Waals surface area (Å²) in [6.07, 6.45) is 0.219. The highest BCUT2D eigenvalue weighted by Gasteiger charge is 2.42. The molecule has 0 radical (unpaired) electrons. The molecule has 1 aromatic carbocycles. The van der Waals surface area contributed by atoms with E-state index >= 15 is 0 Å².